The summed E-state index contributed by atoms with van der Waals surface area (Å²) in [5.74, 6) is 0. The van der Waals surface area contributed by atoms with Gasteiger partial charge in [0.25, 0.3) is 0 Å². The minimum Gasteiger partial charge on any atom is -0.394 e. The summed E-state index contributed by atoms with van der Waals surface area (Å²) in [4.78, 5) is 1.89. The van der Waals surface area contributed by atoms with Crippen LogP contribution < -0.4 is 0 Å². The van der Waals surface area contributed by atoms with E-state index >= 15 is 0 Å². The molecule has 4 nitrogen and oxygen atoms in total. The first kappa shape index (κ1) is 11.8. The van der Waals surface area contributed by atoms with Crippen molar-refractivity contribution in [1.29, 1.82) is 0 Å². The predicted molar refractivity (Wildman–Crippen MR) is 46.8 cm³/mol. The number of aliphatic hydroxyl groups is 2. The zero-order valence-corrected chi connectivity index (χ0v) is 7.86. The van der Waals surface area contributed by atoms with Gasteiger partial charge >= 0.3 is 0 Å². The van der Waals surface area contributed by atoms with E-state index in [1.54, 1.807) is 0 Å². The molecular weight excluding hydrogens is 158 g/mol. The molecule has 0 aromatic heterocycles. The predicted octanol–water partition coefficient (Wildman–Crippen LogP) is -0.345. The minimum atomic E-state index is -0.549. The first-order valence-corrected chi connectivity index (χ1v) is 4.36. The standard InChI is InChI=1S/C8H19NO3/c1-3-9(4-2)8(11)7-12-6-5-10/h8,10-11H,3-7H2,1-2H3. The molecule has 0 heterocycles. The van der Waals surface area contributed by atoms with Crippen LogP contribution in [-0.4, -0.2) is 54.3 Å². The van der Waals surface area contributed by atoms with Crippen molar-refractivity contribution in [3.05, 3.63) is 0 Å². The highest BCUT2D eigenvalue weighted by molar-refractivity contribution is 4.56. The molecule has 0 radical (unpaired) electrons. The number of nitrogens with zero attached hydrogens (tertiary/aromatic N) is 1. The quantitative estimate of drug-likeness (QED) is 0.412. The summed E-state index contributed by atoms with van der Waals surface area (Å²) in [5, 5.41) is 17.9. The van der Waals surface area contributed by atoms with Crippen LogP contribution in [0, 0.1) is 0 Å². The number of rotatable bonds is 7. The maximum Gasteiger partial charge on any atom is 0.130 e. The molecule has 0 bridgehead atoms. The fourth-order valence-electron chi connectivity index (χ4n) is 1.00. The first-order chi connectivity index (χ1) is 5.76. The molecular formula is C8H19NO3. The molecule has 2 N–H and O–H groups in total. The summed E-state index contributed by atoms with van der Waals surface area (Å²) >= 11 is 0. The van der Waals surface area contributed by atoms with E-state index in [4.69, 9.17) is 9.84 Å². The van der Waals surface area contributed by atoms with Crippen molar-refractivity contribution in [2.45, 2.75) is 20.1 Å². The first-order valence-electron chi connectivity index (χ1n) is 4.36. The molecule has 4 heteroatoms. The Morgan fingerprint density at radius 2 is 1.92 bits per heavy atom. The zero-order chi connectivity index (χ0) is 9.40. The number of likely N-dealkylation sites (N-methyl/N-ethyl adjacent to an activating group) is 1. The lowest BCUT2D eigenvalue weighted by Crippen LogP contribution is -2.38. The van der Waals surface area contributed by atoms with Gasteiger partial charge in [0, 0.05) is 0 Å². The molecule has 12 heavy (non-hydrogen) atoms. The van der Waals surface area contributed by atoms with Gasteiger partial charge in [-0.1, -0.05) is 13.8 Å². The van der Waals surface area contributed by atoms with Crippen LogP contribution in [-0.2, 0) is 4.74 Å². The molecule has 0 rings (SSSR count). The molecule has 74 valence electrons. The van der Waals surface area contributed by atoms with Crippen molar-refractivity contribution in [2.75, 3.05) is 32.9 Å². The number of aliphatic hydroxyl groups excluding tert-OH is 2. The molecule has 0 aromatic rings. The van der Waals surface area contributed by atoms with Gasteiger partial charge < -0.3 is 14.9 Å². The molecule has 0 spiro atoms. The van der Waals surface area contributed by atoms with Gasteiger partial charge in [-0.15, -0.1) is 0 Å². The van der Waals surface area contributed by atoms with E-state index in [9.17, 15) is 5.11 Å². The second kappa shape index (κ2) is 7.49. The Kier molecular flexibility index (Phi) is 7.39. The molecule has 0 aliphatic heterocycles. The third-order valence-electron chi connectivity index (χ3n) is 1.74. The van der Waals surface area contributed by atoms with E-state index in [-0.39, 0.29) is 13.2 Å². The van der Waals surface area contributed by atoms with Crippen LogP contribution in [0.25, 0.3) is 0 Å². The van der Waals surface area contributed by atoms with E-state index in [0.717, 1.165) is 13.1 Å². The van der Waals surface area contributed by atoms with Crippen LogP contribution in [0.1, 0.15) is 13.8 Å². The molecule has 0 saturated heterocycles. The molecule has 0 saturated carbocycles. The van der Waals surface area contributed by atoms with Gasteiger partial charge in [-0.2, -0.15) is 0 Å². The molecule has 0 aliphatic carbocycles. The fourth-order valence-corrected chi connectivity index (χ4v) is 1.00. The fraction of sp³-hybridized carbons (Fsp3) is 1.00. The van der Waals surface area contributed by atoms with Gasteiger partial charge in [-0.05, 0) is 13.1 Å². The SMILES string of the molecule is CCN(CC)C(O)COCCO. The Bertz CT molecular complexity index is 96.3. The zero-order valence-electron chi connectivity index (χ0n) is 7.86. The largest absolute Gasteiger partial charge is 0.394 e. The van der Waals surface area contributed by atoms with E-state index in [0.29, 0.717) is 6.61 Å². The Balaban J connectivity index is 3.47. The Hall–Kier alpha value is -0.160. The van der Waals surface area contributed by atoms with Gasteiger partial charge in [0.1, 0.15) is 6.23 Å². The maximum absolute atomic E-state index is 9.45. The van der Waals surface area contributed by atoms with Crippen molar-refractivity contribution >= 4 is 0 Å². The van der Waals surface area contributed by atoms with Crippen molar-refractivity contribution in [1.82, 2.24) is 4.90 Å². The summed E-state index contributed by atoms with van der Waals surface area (Å²) in [6.45, 7) is 6.14. The lowest BCUT2D eigenvalue weighted by Gasteiger charge is -2.24. The molecule has 1 atom stereocenters. The van der Waals surface area contributed by atoms with E-state index in [2.05, 4.69) is 0 Å². The van der Waals surface area contributed by atoms with Crippen LogP contribution in [0.3, 0.4) is 0 Å². The normalized spacial score (nSPS) is 13.8. The lowest BCUT2D eigenvalue weighted by atomic mass is 10.4. The second-order valence-corrected chi connectivity index (χ2v) is 2.50. The van der Waals surface area contributed by atoms with Gasteiger partial charge in [0.15, 0.2) is 0 Å². The van der Waals surface area contributed by atoms with E-state index in [1.165, 1.54) is 0 Å². The number of hydrogen-bond donors (Lipinski definition) is 2. The maximum atomic E-state index is 9.45. The van der Waals surface area contributed by atoms with E-state index < -0.39 is 6.23 Å². The molecule has 0 aromatic carbocycles. The van der Waals surface area contributed by atoms with Crippen molar-refractivity contribution in [2.24, 2.45) is 0 Å². The van der Waals surface area contributed by atoms with Crippen molar-refractivity contribution in [3.63, 3.8) is 0 Å². The van der Waals surface area contributed by atoms with Gasteiger partial charge in [-0.25, -0.2) is 0 Å². The summed E-state index contributed by atoms with van der Waals surface area (Å²) < 4.78 is 4.99. The second-order valence-electron chi connectivity index (χ2n) is 2.50. The topological polar surface area (TPSA) is 52.9 Å². The Morgan fingerprint density at radius 3 is 2.33 bits per heavy atom. The molecule has 0 fully saturated rings. The lowest BCUT2D eigenvalue weighted by molar-refractivity contribution is -0.0591. The van der Waals surface area contributed by atoms with Gasteiger partial charge in [0.2, 0.25) is 0 Å². The summed E-state index contributed by atoms with van der Waals surface area (Å²) in [6, 6.07) is 0. The molecule has 0 aliphatic rings. The average Bonchev–Trinajstić information content (AvgIpc) is 2.07. The summed E-state index contributed by atoms with van der Waals surface area (Å²) in [5.41, 5.74) is 0. The average molecular weight is 177 g/mol. The monoisotopic (exact) mass is 177 g/mol. The van der Waals surface area contributed by atoms with Crippen molar-refractivity contribution in [3.8, 4) is 0 Å². The van der Waals surface area contributed by atoms with Crippen molar-refractivity contribution < 1.29 is 14.9 Å². The van der Waals surface area contributed by atoms with Gasteiger partial charge in [-0.3, -0.25) is 4.90 Å². The smallest absolute Gasteiger partial charge is 0.130 e. The third-order valence-corrected chi connectivity index (χ3v) is 1.74. The highest BCUT2D eigenvalue weighted by atomic mass is 16.5. The van der Waals surface area contributed by atoms with Crippen LogP contribution in [0.4, 0.5) is 0 Å². The van der Waals surface area contributed by atoms with E-state index in [1.807, 2.05) is 18.7 Å². The minimum absolute atomic E-state index is 0.00493. The highest BCUT2D eigenvalue weighted by Crippen LogP contribution is 1.95. The van der Waals surface area contributed by atoms with Crippen LogP contribution in [0.15, 0.2) is 0 Å². The Morgan fingerprint density at radius 1 is 1.33 bits per heavy atom. The van der Waals surface area contributed by atoms with Gasteiger partial charge in [0.05, 0.1) is 19.8 Å². The third kappa shape index (κ3) is 4.66. The van der Waals surface area contributed by atoms with Crippen LogP contribution in [0.2, 0.25) is 0 Å². The highest BCUT2D eigenvalue weighted by Gasteiger charge is 2.10. The molecule has 0 amide bonds. The van der Waals surface area contributed by atoms with Crippen LogP contribution in [0.5, 0.6) is 0 Å². The molecule has 1 unspecified atom stereocenters. The summed E-state index contributed by atoms with van der Waals surface area (Å²) in [6.07, 6.45) is -0.549. The van der Waals surface area contributed by atoms with Crippen LogP contribution >= 0.6 is 0 Å². The number of ether oxygens (including phenoxy) is 1. The Labute approximate surface area is 73.8 Å². The number of hydrogen-bond acceptors (Lipinski definition) is 4. The summed E-state index contributed by atoms with van der Waals surface area (Å²) in [7, 11) is 0.